The zero-order valence-corrected chi connectivity index (χ0v) is 9.86. The highest BCUT2D eigenvalue weighted by molar-refractivity contribution is 8.00. The van der Waals surface area contributed by atoms with Crippen LogP contribution in [0.25, 0.3) is 0 Å². The van der Waals surface area contributed by atoms with Gasteiger partial charge in [0.2, 0.25) is 0 Å². The van der Waals surface area contributed by atoms with Crippen LogP contribution in [0.5, 0.6) is 0 Å². The van der Waals surface area contributed by atoms with Crippen molar-refractivity contribution < 1.29 is 0 Å². The summed E-state index contributed by atoms with van der Waals surface area (Å²) in [5, 5.41) is 3.64. The molecule has 2 aliphatic heterocycles. The Kier molecular flexibility index (Phi) is 2.29. The average molecular weight is 223 g/mol. The van der Waals surface area contributed by atoms with Gasteiger partial charge < -0.3 is 10.3 Å². The first-order chi connectivity index (χ1) is 7.30. The summed E-state index contributed by atoms with van der Waals surface area (Å²) in [5.74, 6) is 1.30. The van der Waals surface area contributed by atoms with Crippen molar-refractivity contribution in [2.75, 3.05) is 12.3 Å². The minimum absolute atomic E-state index is 0.352. The van der Waals surface area contributed by atoms with Crippen LogP contribution in [0.15, 0.2) is 6.33 Å². The minimum Gasteiger partial charge on any atom is -0.348 e. The fraction of sp³-hybridized carbons (Fsp3) is 0.727. The van der Waals surface area contributed by atoms with Crippen molar-refractivity contribution in [3.05, 3.63) is 17.7 Å². The van der Waals surface area contributed by atoms with Crippen LogP contribution in [0.2, 0.25) is 0 Å². The molecule has 0 bridgehead atoms. The maximum Gasteiger partial charge on any atom is 0.0925 e. The van der Waals surface area contributed by atoms with E-state index >= 15 is 0 Å². The summed E-state index contributed by atoms with van der Waals surface area (Å²) in [7, 11) is 0. The van der Waals surface area contributed by atoms with E-state index in [0.717, 1.165) is 13.0 Å². The van der Waals surface area contributed by atoms with Crippen LogP contribution in [0.4, 0.5) is 0 Å². The van der Waals surface area contributed by atoms with Crippen molar-refractivity contribution >= 4 is 11.8 Å². The molecule has 4 heteroatoms. The van der Waals surface area contributed by atoms with Crippen LogP contribution in [-0.2, 0) is 6.42 Å². The second-order valence-corrected chi connectivity index (χ2v) is 6.30. The van der Waals surface area contributed by atoms with Crippen LogP contribution in [0, 0.1) is 0 Å². The van der Waals surface area contributed by atoms with E-state index in [1.165, 1.54) is 30.0 Å². The van der Waals surface area contributed by atoms with E-state index in [9.17, 15) is 0 Å². The van der Waals surface area contributed by atoms with Crippen molar-refractivity contribution in [1.82, 2.24) is 15.3 Å². The lowest BCUT2D eigenvalue weighted by Gasteiger charge is -2.36. The van der Waals surface area contributed by atoms with E-state index in [1.54, 1.807) is 0 Å². The molecule has 1 fully saturated rings. The van der Waals surface area contributed by atoms with Gasteiger partial charge in [0.1, 0.15) is 0 Å². The molecule has 0 aliphatic carbocycles. The molecule has 0 radical (unpaired) electrons. The molecule has 1 saturated heterocycles. The van der Waals surface area contributed by atoms with E-state index < -0.39 is 0 Å². The standard InChI is InChI=1S/C11H17N3S/c1-11(4-2-6-15-11)10-9-8(3-5-12-10)13-7-14-9/h7,10,12H,2-6H2,1H3,(H,13,14). The fourth-order valence-electron chi connectivity index (χ4n) is 2.75. The molecule has 2 unspecified atom stereocenters. The number of rotatable bonds is 1. The highest BCUT2D eigenvalue weighted by Gasteiger charge is 2.41. The van der Waals surface area contributed by atoms with Crippen molar-refractivity contribution in [3.63, 3.8) is 0 Å². The van der Waals surface area contributed by atoms with Gasteiger partial charge in [-0.25, -0.2) is 4.98 Å². The van der Waals surface area contributed by atoms with Crippen LogP contribution in [0.3, 0.4) is 0 Å². The van der Waals surface area contributed by atoms with Crippen LogP contribution < -0.4 is 5.32 Å². The van der Waals surface area contributed by atoms with E-state index in [0.29, 0.717) is 10.8 Å². The molecular formula is C11H17N3S. The second-order valence-electron chi connectivity index (χ2n) is 4.67. The Morgan fingerprint density at radius 1 is 1.60 bits per heavy atom. The molecule has 2 aliphatic rings. The molecule has 3 nitrogen and oxygen atoms in total. The van der Waals surface area contributed by atoms with Crippen molar-refractivity contribution in [1.29, 1.82) is 0 Å². The van der Waals surface area contributed by atoms with Gasteiger partial charge in [-0.05, 0) is 25.5 Å². The number of fused-ring (bicyclic) bond motifs is 1. The number of hydrogen-bond acceptors (Lipinski definition) is 3. The normalized spacial score (nSPS) is 35.4. The Morgan fingerprint density at radius 3 is 3.33 bits per heavy atom. The lowest BCUT2D eigenvalue weighted by atomic mass is 9.90. The molecule has 0 spiro atoms. The van der Waals surface area contributed by atoms with Gasteiger partial charge in [0.05, 0.1) is 18.1 Å². The third-order valence-electron chi connectivity index (χ3n) is 3.61. The summed E-state index contributed by atoms with van der Waals surface area (Å²) >= 11 is 2.10. The smallest absolute Gasteiger partial charge is 0.0925 e. The predicted molar refractivity (Wildman–Crippen MR) is 63.1 cm³/mol. The fourth-order valence-corrected chi connectivity index (χ4v) is 4.16. The van der Waals surface area contributed by atoms with E-state index in [-0.39, 0.29) is 0 Å². The van der Waals surface area contributed by atoms with Gasteiger partial charge in [-0.15, -0.1) is 0 Å². The number of thioether (sulfide) groups is 1. The third kappa shape index (κ3) is 1.51. The van der Waals surface area contributed by atoms with Crippen LogP contribution >= 0.6 is 11.8 Å². The maximum atomic E-state index is 4.50. The molecule has 82 valence electrons. The van der Waals surface area contributed by atoms with Crippen LogP contribution in [-0.4, -0.2) is 27.0 Å². The molecule has 1 aromatic rings. The zero-order chi connectivity index (χ0) is 10.3. The zero-order valence-electron chi connectivity index (χ0n) is 9.05. The van der Waals surface area contributed by atoms with E-state index in [2.05, 4.69) is 34.0 Å². The first-order valence-electron chi connectivity index (χ1n) is 5.69. The number of H-pyrrole nitrogens is 1. The SMILES string of the molecule is CC1(C2NCCc3[nH]cnc32)CCCS1. The predicted octanol–water partition coefficient (Wildman–Crippen LogP) is 1.88. The number of nitrogens with zero attached hydrogens (tertiary/aromatic N) is 1. The molecule has 15 heavy (non-hydrogen) atoms. The van der Waals surface area contributed by atoms with Gasteiger partial charge in [0, 0.05) is 23.4 Å². The molecule has 3 rings (SSSR count). The molecule has 1 aromatic heterocycles. The Balaban J connectivity index is 1.95. The number of nitrogens with one attached hydrogen (secondary N) is 2. The molecule has 2 N–H and O–H groups in total. The lowest BCUT2D eigenvalue weighted by Crippen LogP contribution is -2.42. The summed E-state index contributed by atoms with van der Waals surface area (Å²) in [6.45, 7) is 3.46. The highest BCUT2D eigenvalue weighted by Crippen LogP contribution is 2.47. The monoisotopic (exact) mass is 223 g/mol. The summed E-state index contributed by atoms with van der Waals surface area (Å²) in [6.07, 6.45) is 5.58. The first-order valence-corrected chi connectivity index (χ1v) is 6.68. The van der Waals surface area contributed by atoms with Gasteiger partial charge in [-0.2, -0.15) is 11.8 Å². The summed E-state index contributed by atoms with van der Waals surface area (Å²) in [5.41, 5.74) is 2.60. The highest BCUT2D eigenvalue weighted by atomic mass is 32.2. The molecule has 0 amide bonds. The van der Waals surface area contributed by atoms with Crippen molar-refractivity contribution in [2.45, 2.75) is 37.0 Å². The molecule has 0 aromatic carbocycles. The topological polar surface area (TPSA) is 40.7 Å². The van der Waals surface area contributed by atoms with Crippen LogP contribution in [0.1, 0.15) is 37.2 Å². The number of aromatic nitrogens is 2. The number of imidazole rings is 1. The number of hydrogen-bond donors (Lipinski definition) is 2. The first kappa shape index (κ1) is 9.73. The molecule has 0 saturated carbocycles. The minimum atomic E-state index is 0.352. The Bertz CT molecular complexity index is 354. The number of aromatic amines is 1. The summed E-state index contributed by atoms with van der Waals surface area (Å²) < 4.78 is 0.352. The van der Waals surface area contributed by atoms with E-state index in [1.807, 2.05) is 6.33 Å². The van der Waals surface area contributed by atoms with Gasteiger partial charge in [0.15, 0.2) is 0 Å². The quantitative estimate of drug-likeness (QED) is 0.764. The summed E-state index contributed by atoms with van der Waals surface area (Å²) in [6, 6.07) is 0.444. The van der Waals surface area contributed by atoms with Gasteiger partial charge >= 0.3 is 0 Å². The Hall–Kier alpha value is -0.480. The van der Waals surface area contributed by atoms with Gasteiger partial charge in [-0.1, -0.05) is 0 Å². The average Bonchev–Trinajstić information content (AvgIpc) is 2.85. The van der Waals surface area contributed by atoms with Crippen molar-refractivity contribution in [3.8, 4) is 0 Å². The second kappa shape index (κ2) is 3.52. The Morgan fingerprint density at radius 2 is 2.53 bits per heavy atom. The largest absolute Gasteiger partial charge is 0.348 e. The van der Waals surface area contributed by atoms with Crippen molar-refractivity contribution in [2.24, 2.45) is 0 Å². The summed E-state index contributed by atoms with van der Waals surface area (Å²) in [4.78, 5) is 7.76. The lowest BCUT2D eigenvalue weighted by molar-refractivity contribution is 0.389. The maximum absolute atomic E-state index is 4.50. The van der Waals surface area contributed by atoms with Gasteiger partial charge in [0.25, 0.3) is 0 Å². The molecule has 3 heterocycles. The molecule has 2 atom stereocenters. The molecular weight excluding hydrogens is 206 g/mol. The van der Waals surface area contributed by atoms with Gasteiger partial charge in [-0.3, -0.25) is 0 Å². The third-order valence-corrected chi connectivity index (χ3v) is 5.20. The Labute approximate surface area is 94.4 Å². The van der Waals surface area contributed by atoms with E-state index in [4.69, 9.17) is 0 Å².